The number of morpholine rings is 1. The maximum atomic E-state index is 5.39. The van der Waals surface area contributed by atoms with E-state index in [4.69, 9.17) is 4.74 Å². The maximum Gasteiger partial charge on any atom is 0.0594 e. The molecule has 0 N–H and O–H groups in total. The minimum atomic E-state index is 0.504. The Labute approximate surface area is 127 Å². The Bertz CT molecular complexity index is 228. The third kappa shape index (κ3) is 8.97. The van der Waals surface area contributed by atoms with E-state index in [1.807, 2.05) is 0 Å². The normalized spacial score (nSPS) is 19.2. The van der Waals surface area contributed by atoms with Crippen LogP contribution in [-0.4, -0.2) is 37.7 Å². The highest BCUT2D eigenvalue weighted by molar-refractivity contribution is 4.67. The second-order valence-corrected chi connectivity index (χ2v) is 7.68. The van der Waals surface area contributed by atoms with Crippen LogP contribution >= 0.6 is 0 Å². The molecule has 0 amide bonds. The van der Waals surface area contributed by atoms with Gasteiger partial charge in [-0.3, -0.25) is 4.90 Å². The topological polar surface area (TPSA) is 12.5 Å². The Morgan fingerprint density at radius 3 is 2.30 bits per heavy atom. The molecule has 2 heteroatoms. The quantitative estimate of drug-likeness (QED) is 0.567. The highest BCUT2D eigenvalue weighted by Crippen LogP contribution is 2.27. The summed E-state index contributed by atoms with van der Waals surface area (Å²) in [6, 6.07) is 0. The van der Waals surface area contributed by atoms with Gasteiger partial charge in [0, 0.05) is 13.1 Å². The number of ether oxygens (including phenoxy) is 1. The van der Waals surface area contributed by atoms with Gasteiger partial charge in [-0.05, 0) is 37.1 Å². The van der Waals surface area contributed by atoms with Gasteiger partial charge in [0.1, 0.15) is 0 Å². The minimum Gasteiger partial charge on any atom is -0.379 e. The summed E-state index contributed by atoms with van der Waals surface area (Å²) in [5.74, 6) is 0.956. The fraction of sp³-hybridized carbons (Fsp3) is 1.00. The third-order valence-corrected chi connectivity index (χ3v) is 4.57. The highest BCUT2D eigenvalue weighted by Gasteiger charge is 2.14. The standard InChI is InChI=1S/C18H37NO/c1-5-17(10-11-18(2,3)4)9-7-6-8-12-19-13-15-20-16-14-19/h17H,5-16H2,1-4H3/t17-/m0/s1. The molecule has 1 fully saturated rings. The highest BCUT2D eigenvalue weighted by atomic mass is 16.5. The lowest BCUT2D eigenvalue weighted by atomic mass is 9.84. The smallest absolute Gasteiger partial charge is 0.0594 e. The molecule has 0 aromatic rings. The van der Waals surface area contributed by atoms with Crippen molar-refractivity contribution in [1.82, 2.24) is 4.90 Å². The summed E-state index contributed by atoms with van der Waals surface area (Å²) in [6.07, 6.45) is 9.80. The first-order chi connectivity index (χ1) is 9.51. The number of rotatable bonds is 9. The van der Waals surface area contributed by atoms with Crippen molar-refractivity contribution in [2.75, 3.05) is 32.8 Å². The lowest BCUT2D eigenvalue weighted by Gasteiger charge is -2.26. The molecule has 0 aromatic heterocycles. The summed E-state index contributed by atoms with van der Waals surface area (Å²) in [5, 5.41) is 0. The second kappa shape index (κ2) is 9.78. The van der Waals surface area contributed by atoms with Crippen molar-refractivity contribution in [3.63, 3.8) is 0 Å². The van der Waals surface area contributed by atoms with Gasteiger partial charge in [-0.1, -0.05) is 53.4 Å². The fourth-order valence-electron chi connectivity index (χ4n) is 2.96. The molecule has 120 valence electrons. The van der Waals surface area contributed by atoms with Crippen molar-refractivity contribution in [1.29, 1.82) is 0 Å². The number of hydrogen-bond donors (Lipinski definition) is 0. The number of hydrogen-bond acceptors (Lipinski definition) is 2. The Morgan fingerprint density at radius 1 is 1.00 bits per heavy atom. The van der Waals surface area contributed by atoms with Gasteiger partial charge in [-0.15, -0.1) is 0 Å². The van der Waals surface area contributed by atoms with Gasteiger partial charge < -0.3 is 4.74 Å². The molecule has 0 aromatic carbocycles. The van der Waals surface area contributed by atoms with Crippen LogP contribution in [0.1, 0.15) is 72.6 Å². The van der Waals surface area contributed by atoms with Gasteiger partial charge in [0.2, 0.25) is 0 Å². The van der Waals surface area contributed by atoms with E-state index in [2.05, 4.69) is 32.6 Å². The van der Waals surface area contributed by atoms with Crippen molar-refractivity contribution in [2.24, 2.45) is 11.3 Å². The monoisotopic (exact) mass is 283 g/mol. The van der Waals surface area contributed by atoms with Crippen LogP contribution in [0.3, 0.4) is 0 Å². The van der Waals surface area contributed by atoms with Crippen LogP contribution in [-0.2, 0) is 4.74 Å². The molecular weight excluding hydrogens is 246 g/mol. The van der Waals surface area contributed by atoms with Crippen molar-refractivity contribution in [3.8, 4) is 0 Å². The Kier molecular flexibility index (Phi) is 8.79. The van der Waals surface area contributed by atoms with Gasteiger partial charge in [-0.25, -0.2) is 0 Å². The molecule has 20 heavy (non-hydrogen) atoms. The summed E-state index contributed by atoms with van der Waals surface area (Å²) >= 11 is 0. The first-order valence-electron chi connectivity index (χ1n) is 8.81. The van der Waals surface area contributed by atoms with E-state index in [9.17, 15) is 0 Å². The lowest BCUT2D eigenvalue weighted by molar-refractivity contribution is 0.0371. The van der Waals surface area contributed by atoms with Crippen LogP contribution in [0.5, 0.6) is 0 Å². The van der Waals surface area contributed by atoms with Crippen LogP contribution in [0.4, 0.5) is 0 Å². The zero-order chi connectivity index (χ0) is 14.8. The molecule has 2 nitrogen and oxygen atoms in total. The molecule has 0 aliphatic carbocycles. The van der Waals surface area contributed by atoms with Gasteiger partial charge in [-0.2, -0.15) is 0 Å². The Hall–Kier alpha value is -0.0800. The summed E-state index contributed by atoms with van der Waals surface area (Å²) in [6.45, 7) is 14.9. The lowest BCUT2D eigenvalue weighted by Crippen LogP contribution is -2.36. The SMILES string of the molecule is CC[C@@H](CCCCCN1CCOCC1)CCC(C)(C)C. The first-order valence-corrected chi connectivity index (χ1v) is 8.81. The Morgan fingerprint density at radius 2 is 1.70 bits per heavy atom. The molecule has 0 radical (unpaired) electrons. The predicted octanol–water partition coefficient (Wildman–Crippen LogP) is 4.73. The minimum absolute atomic E-state index is 0.504. The van der Waals surface area contributed by atoms with Gasteiger partial charge in [0.05, 0.1) is 13.2 Å². The average molecular weight is 283 g/mol. The van der Waals surface area contributed by atoms with E-state index < -0.39 is 0 Å². The molecule has 1 heterocycles. The largest absolute Gasteiger partial charge is 0.379 e. The van der Waals surface area contributed by atoms with E-state index in [1.165, 1.54) is 51.5 Å². The second-order valence-electron chi connectivity index (χ2n) is 7.68. The van der Waals surface area contributed by atoms with Gasteiger partial charge in [0.25, 0.3) is 0 Å². The molecular formula is C18H37NO. The zero-order valence-electron chi connectivity index (χ0n) is 14.4. The molecule has 0 unspecified atom stereocenters. The third-order valence-electron chi connectivity index (χ3n) is 4.57. The molecule has 1 aliphatic heterocycles. The summed E-state index contributed by atoms with van der Waals surface area (Å²) in [7, 11) is 0. The molecule has 1 rings (SSSR count). The van der Waals surface area contributed by atoms with Crippen LogP contribution < -0.4 is 0 Å². The summed E-state index contributed by atoms with van der Waals surface area (Å²) in [5.41, 5.74) is 0.504. The van der Waals surface area contributed by atoms with Gasteiger partial charge >= 0.3 is 0 Å². The van der Waals surface area contributed by atoms with E-state index in [-0.39, 0.29) is 0 Å². The number of nitrogens with zero attached hydrogens (tertiary/aromatic N) is 1. The Balaban J connectivity index is 2.00. The van der Waals surface area contributed by atoms with Gasteiger partial charge in [0.15, 0.2) is 0 Å². The molecule has 1 aliphatic rings. The van der Waals surface area contributed by atoms with E-state index >= 15 is 0 Å². The molecule has 0 saturated carbocycles. The van der Waals surface area contributed by atoms with Crippen molar-refractivity contribution in [2.45, 2.75) is 72.6 Å². The van der Waals surface area contributed by atoms with E-state index in [1.54, 1.807) is 0 Å². The summed E-state index contributed by atoms with van der Waals surface area (Å²) < 4.78 is 5.39. The molecule has 1 atom stereocenters. The number of unbranched alkanes of at least 4 members (excludes halogenated alkanes) is 2. The van der Waals surface area contributed by atoms with Crippen molar-refractivity contribution >= 4 is 0 Å². The predicted molar refractivity (Wildman–Crippen MR) is 88.2 cm³/mol. The summed E-state index contributed by atoms with van der Waals surface area (Å²) in [4.78, 5) is 2.56. The first kappa shape index (κ1) is 18.0. The van der Waals surface area contributed by atoms with Crippen LogP contribution in [0.15, 0.2) is 0 Å². The maximum absolute atomic E-state index is 5.39. The zero-order valence-corrected chi connectivity index (χ0v) is 14.4. The van der Waals surface area contributed by atoms with Crippen LogP contribution in [0.2, 0.25) is 0 Å². The molecule has 0 spiro atoms. The fourth-order valence-corrected chi connectivity index (χ4v) is 2.96. The molecule has 1 saturated heterocycles. The van der Waals surface area contributed by atoms with Crippen LogP contribution in [0, 0.1) is 11.3 Å². The van der Waals surface area contributed by atoms with Crippen molar-refractivity contribution in [3.05, 3.63) is 0 Å². The average Bonchev–Trinajstić information content (AvgIpc) is 2.42. The van der Waals surface area contributed by atoms with E-state index in [0.717, 1.165) is 32.2 Å². The van der Waals surface area contributed by atoms with Crippen molar-refractivity contribution < 1.29 is 4.74 Å². The van der Waals surface area contributed by atoms with E-state index in [0.29, 0.717) is 5.41 Å². The molecule has 0 bridgehead atoms. The van der Waals surface area contributed by atoms with Crippen LogP contribution in [0.25, 0.3) is 0 Å².